The Hall–Kier alpha value is -0.900. The van der Waals surface area contributed by atoms with Crippen LogP contribution in [-0.4, -0.2) is 14.8 Å². The maximum Gasteiger partial charge on any atom is 0.152 e. The minimum Gasteiger partial charge on any atom is -0.319 e. The molecule has 2 unspecified atom stereocenters. The number of nitrogens with zero attached hydrogens (tertiary/aromatic N) is 3. The molecule has 2 N–H and O–H groups in total. The van der Waals surface area contributed by atoms with Crippen molar-refractivity contribution in [2.45, 2.75) is 52.1 Å². The molecule has 0 aromatic carbocycles. The summed E-state index contributed by atoms with van der Waals surface area (Å²) < 4.78 is 2.21. The van der Waals surface area contributed by atoms with Crippen LogP contribution in [-0.2, 0) is 18.5 Å². The predicted octanol–water partition coefficient (Wildman–Crippen LogP) is 1.44. The summed E-state index contributed by atoms with van der Waals surface area (Å²) in [5, 5.41) is 8.52. The Balaban J connectivity index is 2.36. The Kier molecular flexibility index (Phi) is 2.54. The molecule has 0 fully saturated rings. The molecule has 0 spiro atoms. The first-order chi connectivity index (χ1) is 7.04. The van der Waals surface area contributed by atoms with Gasteiger partial charge in [0.05, 0.1) is 5.54 Å². The molecule has 1 aromatic heterocycles. The lowest BCUT2D eigenvalue weighted by atomic mass is 9.96. The zero-order valence-electron chi connectivity index (χ0n) is 9.82. The van der Waals surface area contributed by atoms with Crippen LogP contribution in [0.3, 0.4) is 0 Å². The maximum atomic E-state index is 6.22. The summed E-state index contributed by atoms with van der Waals surface area (Å²) in [5.41, 5.74) is 5.88. The number of aromatic nitrogens is 3. The highest BCUT2D eigenvalue weighted by molar-refractivity contribution is 5.08. The van der Waals surface area contributed by atoms with E-state index in [9.17, 15) is 0 Å². The zero-order valence-corrected chi connectivity index (χ0v) is 9.82. The van der Waals surface area contributed by atoms with Crippen molar-refractivity contribution in [3.05, 3.63) is 11.6 Å². The Morgan fingerprint density at radius 1 is 1.53 bits per heavy atom. The topological polar surface area (TPSA) is 56.7 Å². The van der Waals surface area contributed by atoms with Gasteiger partial charge in [-0.2, -0.15) is 0 Å². The summed E-state index contributed by atoms with van der Waals surface area (Å²) in [6.07, 6.45) is 3.13. The van der Waals surface area contributed by atoms with Crippen LogP contribution >= 0.6 is 0 Å². The van der Waals surface area contributed by atoms with E-state index in [4.69, 9.17) is 5.73 Å². The third kappa shape index (κ3) is 1.78. The Morgan fingerprint density at radius 2 is 2.27 bits per heavy atom. The van der Waals surface area contributed by atoms with Crippen LogP contribution < -0.4 is 5.73 Å². The summed E-state index contributed by atoms with van der Waals surface area (Å²) in [6, 6.07) is 0. The zero-order chi connectivity index (χ0) is 11.1. The second kappa shape index (κ2) is 3.59. The van der Waals surface area contributed by atoms with Gasteiger partial charge in [-0.1, -0.05) is 13.8 Å². The van der Waals surface area contributed by atoms with Gasteiger partial charge in [0.25, 0.3) is 0 Å². The molecular weight excluding hydrogens is 188 g/mol. The van der Waals surface area contributed by atoms with Gasteiger partial charge in [-0.05, 0) is 25.7 Å². The molecule has 2 rings (SSSR count). The predicted molar refractivity (Wildman–Crippen MR) is 59.3 cm³/mol. The van der Waals surface area contributed by atoms with E-state index >= 15 is 0 Å². The van der Waals surface area contributed by atoms with E-state index in [-0.39, 0.29) is 5.54 Å². The number of rotatable bonds is 2. The molecule has 0 radical (unpaired) electrons. The molecule has 0 bridgehead atoms. The average Bonchev–Trinajstić information content (AvgIpc) is 2.61. The fourth-order valence-electron chi connectivity index (χ4n) is 2.07. The molecule has 0 amide bonds. The summed E-state index contributed by atoms with van der Waals surface area (Å²) in [4.78, 5) is 0. The standard InChI is InChI=1S/C11H20N4/c1-4-11(3,12)10-14-13-9-7-8(2)5-6-15(9)10/h8H,4-7,12H2,1-3H3. The molecule has 1 aromatic rings. The summed E-state index contributed by atoms with van der Waals surface area (Å²) in [5.74, 6) is 2.78. The fraction of sp³-hybridized carbons (Fsp3) is 0.818. The van der Waals surface area contributed by atoms with Crippen molar-refractivity contribution in [3.8, 4) is 0 Å². The molecule has 15 heavy (non-hydrogen) atoms. The molecule has 4 heteroatoms. The molecule has 0 saturated carbocycles. The molecule has 1 aliphatic heterocycles. The minimum absolute atomic E-state index is 0.341. The molecule has 4 nitrogen and oxygen atoms in total. The smallest absolute Gasteiger partial charge is 0.152 e. The summed E-state index contributed by atoms with van der Waals surface area (Å²) in [6.45, 7) is 7.40. The normalized spacial score (nSPS) is 24.7. The molecule has 0 saturated heterocycles. The van der Waals surface area contributed by atoms with E-state index < -0.39 is 0 Å². The quantitative estimate of drug-likeness (QED) is 0.800. The lowest BCUT2D eigenvalue weighted by Crippen LogP contribution is -2.36. The Bertz CT molecular complexity index is 353. The van der Waals surface area contributed by atoms with Crippen molar-refractivity contribution < 1.29 is 0 Å². The highest BCUT2D eigenvalue weighted by atomic mass is 15.3. The van der Waals surface area contributed by atoms with Crippen molar-refractivity contribution in [2.75, 3.05) is 0 Å². The van der Waals surface area contributed by atoms with Crippen LogP contribution in [0.4, 0.5) is 0 Å². The molecule has 2 atom stereocenters. The highest BCUT2D eigenvalue weighted by Gasteiger charge is 2.29. The number of hydrogen-bond donors (Lipinski definition) is 1. The van der Waals surface area contributed by atoms with Gasteiger partial charge in [-0.25, -0.2) is 0 Å². The monoisotopic (exact) mass is 208 g/mol. The van der Waals surface area contributed by atoms with Crippen LogP contribution in [0.2, 0.25) is 0 Å². The third-order valence-corrected chi connectivity index (χ3v) is 3.45. The van der Waals surface area contributed by atoms with E-state index in [1.165, 1.54) is 6.42 Å². The van der Waals surface area contributed by atoms with Gasteiger partial charge in [0.1, 0.15) is 5.82 Å². The lowest BCUT2D eigenvalue weighted by molar-refractivity contribution is 0.364. The molecule has 84 valence electrons. The first-order valence-corrected chi connectivity index (χ1v) is 5.76. The minimum atomic E-state index is -0.341. The average molecular weight is 208 g/mol. The second-order valence-electron chi connectivity index (χ2n) is 4.96. The van der Waals surface area contributed by atoms with Crippen molar-refractivity contribution in [2.24, 2.45) is 11.7 Å². The number of fused-ring (bicyclic) bond motifs is 1. The van der Waals surface area contributed by atoms with Crippen LogP contribution in [0.5, 0.6) is 0 Å². The first-order valence-electron chi connectivity index (χ1n) is 5.76. The van der Waals surface area contributed by atoms with E-state index in [1.54, 1.807) is 0 Å². The summed E-state index contributed by atoms with van der Waals surface area (Å²) >= 11 is 0. The van der Waals surface area contributed by atoms with E-state index in [0.29, 0.717) is 0 Å². The third-order valence-electron chi connectivity index (χ3n) is 3.45. The van der Waals surface area contributed by atoms with Gasteiger partial charge in [0.2, 0.25) is 0 Å². The largest absolute Gasteiger partial charge is 0.319 e. The SMILES string of the molecule is CCC(C)(N)c1nnc2n1CCC(C)C2. The van der Waals surface area contributed by atoms with E-state index in [2.05, 4.69) is 28.6 Å². The fourth-order valence-corrected chi connectivity index (χ4v) is 2.07. The van der Waals surface area contributed by atoms with Crippen LogP contribution in [0, 0.1) is 5.92 Å². The van der Waals surface area contributed by atoms with Gasteiger partial charge in [-0.3, -0.25) is 0 Å². The van der Waals surface area contributed by atoms with Gasteiger partial charge in [0, 0.05) is 13.0 Å². The Morgan fingerprint density at radius 3 is 2.93 bits per heavy atom. The summed E-state index contributed by atoms with van der Waals surface area (Å²) in [7, 11) is 0. The van der Waals surface area contributed by atoms with Crippen molar-refractivity contribution >= 4 is 0 Å². The van der Waals surface area contributed by atoms with Crippen molar-refractivity contribution in [1.82, 2.24) is 14.8 Å². The van der Waals surface area contributed by atoms with Crippen LogP contribution in [0.25, 0.3) is 0 Å². The molecular formula is C11H20N4. The highest BCUT2D eigenvalue weighted by Crippen LogP contribution is 2.25. The van der Waals surface area contributed by atoms with Gasteiger partial charge in [-0.15, -0.1) is 10.2 Å². The molecule has 0 aliphatic carbocycles. The number of nitrogens with two attached hydrogens (primary N) is 1. The van der Waals surface area contributed by atoms with Crippen LogP contribution in [0.15, 0.2) is 0 Å². The van der Waals surface area contributed by atoms with E-state index in [1.807, 2.05) is 6.92 Å². The second-order valence-corrected chi connectivity index (χ2v) is 4.96. The molecule has 2 heterocycles. The lowest BCUT2D eigenvalue weighted by Gasteiger charge is -2.26. The van der Waals surface area contributed by atoms with Crippen LogP contribution in [0.1, 0.15) is 45.3 Å². The van der Waals surface area contributed by atoms with Gasteiger partial charge >= 0.3 is 0 Å². The van der Waals surface area contributed by atoms with E-state index in [0.717, 1.165) is 37.0 Å². The van der Waals surface area contributed by atoms with Gasteiger partial charge < -0.3 is 10.3 Å². The Labute approximate surface area is 90.9 Å². The van der Waals surface area contributed by atoms with Crippen molar-refractivity contribution in [3.63, 3.8) is 0 Å². The maximum absolute atomic E-state index is 6.22. The first kappa shape index (κ1) is 10.6. The molecule has 1 aliphatic rings. The van der Waals surface area contributed by atoms with Crippen molar-refractivity contribution in [1.29, 1.82) is 0 Å². The van der Waals surface area contributed by atoms with Gasteiger partial charge in [0.15, 0.2) is 5.82 Å². The number of hydrogen-bond acceptors (Lipinski definition) is 3.